The molecule has 0 bridgehead atoms. The number of halogens is 1. The SMILES string of the molecule is Cc1cccc(NC(N)=NCC2CCN(Cc3csc(C)n3)CC2)c1.I. The number of guanidine groups is 1. The number of likely N-dealkylation sites (tertiary alicyclic amines) is 1. The molecule has 1 aromatic carbocycles. The number of anilines is 1. The molecule has 0 unspecified atom stereocenters. The van der Waals surface area contributed by atoms with E-state index in [1.807, 2.05) is 12.1 Å². The zero-order valence-corrected chi connectivity index (χ0v) is 18.6. The van der Waals surface area contributed by atoms with E-state index in [2.05, 4.69) is 51.6 Å². The van der Waals surface area contributed by atoms with E-state index in [1.165, 1.54) is 24.1 Å². The maximum absolute atomic E-state index is 6.03. The van der Waals surface area contributed by atoms with Crippen molar-refractivity contribution < 1.29 is 0 Å². The first-order valence-corrected chi connectivity index (χ1v) is 9.73. The van der Waals surface area contributed by atoms with E-state index in [1.54, 1.807) is 11.3 Å². The Morgan fingerprint density at radius 2 is 2.12 bits per heavy atom. The van der Waals surface area contributed by atoms with Gasteiger partial charge < -0.3 is 11.1 Å². The van der Waals surface area contributed by atoms with Gasteiger partial charge in [0.2, 0.25) is 0 Å². The van der Waals surface area contributed by atoms with Gasteiger partial charge in [-0.3, -0.25) is 9.89 Å². The average molecular weight is 485 g/mol. The highest BCUT2D eigenvalue weighted by atomic mass is 127. The molecule has 1 aliphatic rings. The topological polar surface area (TPSA) is 66.5 Å². The molecule has 0 spiro atoms. The molecule has 2 aromatic rings. The molecule has 2 heterocycles. The number of nitrogens with zero attached hydrogens (tertiary/aromatic N) is 3. The lowest BCUT2D eigenvalue weighted by atomic mass is 9.97. The number of aryl methyl sites for hydroxylation is 2. The molecule has 3 N–H and O–H groups in total. The lowest BCUT2D eigenvalue weighted by Crippen LogP contribution is -2.34. The normalized spacial score (nSPS) is 16.3. The van der Waals surface area contributed by atoms with E-state index in [0.29, 0.717) is 11.9 Å². The predicted octanol–water partition coefficient (Wildman–Crippen LogP) is 4.02. The van der Waals surface area contributed by atoms with Gasteiger partial charge in [0.05, 0.1) is 10.7 Å². The Hall–Kier alpha value is -1.19. The van der Waals surface area contributed by atoms with Crippen LogP contribution in [0.2, 0.25) is 0 Å². The quantitative estimate of drug-likeness (QED) is 0.382. The summed E-state index contributed by atoms with van der Waals surface area (Å²) >= 11 is 1.73. The van der Waals surface area contributed by atoms with Crippen LogP contribution in [-0.4, -0.2) is 35.5 Å². The largest absolute Gasteiger partial charge is 0.370 e. The molecule has 0 amide bonds. The second kappa shape index (κ2) is 10.2. The Morgan fingerprint density at radius 1 is 1.35 bits per heavy atom. The summed E-state index contributed by atoms with van der Waals surface area (Å²) in [6.07, 6.45) is 2.34. The number of nitrogens with two attached hydrogens (primary N) is 1. The fourth-order valence-electron chi connectivity index (χ4n) is 3.17. The van der Waals surface area contributed by atoms with Crippen molar-refractivity contribution in [1.82, 2.24) is 9.88 Å². The third-order valence-corrected chi connectivity index (χ3v) is 5.39. The van der Waals surface area contributed by atoms with Gasteiger partial charge in [0.1, 0.15) is 0 Å². The van der Waals surface area contributed by atoms with Crippen molar-refractivity contribution in [1.29, 1.82) is 0 Å². The fourth-order valence-corrected chi connectivity index (χ4v) is 3.78. The highest BCUT2D eigenvalue weighted by Crippen LogP contribution is 2.20. The van der Waals surface area contributed by atoms with Gasteiger partial charge in [-0.15, -0.1) is 35.3 Å². The molecule has 1 aromatic heterocycles. The fraction of sp³-hybridized carbons (Fsp3) is 0.474. The molecule has 5 nitrogen and oxygen atoms in total. The smallest absolute Gasteiger partial charge is 0.193 e. The summed E-state index contributed by atoms with van der Waals surface area (Å²) in [5, 5.41) is 6.50. The van der Waals surface area contributed by atoms with Crippen LogP contribution in [-0.2, 0) is 6.54 Å². The Kier molecular flexibility index (Phi) is 8.30. The van der Waals surface area contributed by atoms with Crippen LogP contribution in [0.4, 0.5) is 5.69 Å². The molecule has 7 heteroatoms. The molecule has 0 radical (unpaired) electrons. The molecule has 0 atom stereocenters. The number of piperidine rings is 1. The summed E-state index contributed by atoms with van der Waals surface area (Å²) in [6.45, 7) is 8.13. The number of aromatic nitrogens is 1. The highest BCUT2D eigenvalue weighted by molar-refractivity contribution is 14.0. The van der Waals surface area contributed by atoms with Crippen LogP contribution in [0.5, 0.6) is 0 Å². The lowest BCUT2D eigenvalue weighted by Gasteiger charge is -2.30. The summed E-state index contributed by atoms with van der Waals surface area (Å²) in [5.41, 5.74) is 9.43. The van der Waals surface area contributed by atoms with Crippen molar-refractivity contribution >= 4 is 47.0 Å². The minimum absolute atomic E-state index is 0. The van der Waals surface area contributed by atoms with Gasteiger partial charge in [-0.25, -0.2) is 4.98 Å². The number of thiazole rings is 1. The van der Waals surface area contributed by atoms with Gasteiger partial charge in [0.25, 0.3) is 0 Å². The summed E-state index contributed by atoms with van der Waals surface area (Å²) in [4.78, 5) is 11.6. The van der Waals surface area contributed by atoms with Gasteiger partial charge in [0, 0.05) is 24.2 Å². The van der Waals surface area contributed by atoms with Crippen molar-refractivity contribution in [3.63, 3.8) is 0 Å². The summed E-state index contributed by atoms with van der Waals surface area (Å²) in [7, 11) is 0. The standard InChI is InChI=1S/C19H27N5S.HI/c1-14-4-3-5-17(10-14)23-19(20)21-11-16-6-8-24(9-7-16)12-18-13-25-15(2)22-18;/h3-5,10,13,16H,6-9,11-12H2,1-2H3,(H3,20,21,23);1H. The zero-order chi connectivity index (χ0) is 17.6. The van der Waals surface area contributed by atoms with E-state index < -0.39 is 0 Å². The van der Waals surface area contributed by atoms with E-state index in [4.69, 9.17) is 5.73 Å². The number of hydrogen-bond donors (Lipinski definition) is 2. The lowest BCUT2D eigenvalue weighted by molar-refractivity contribution is 0.179. The highest BCUT2D eigenvalue weighted by Gasteiger charge is 2.19. The molecule has 3 rings (SSSR count). The summed E-state index contributed by atoms with van der Waals surface area (Å²) in [5.74, 6) is 1.12. The number of aliphatic imine (C=N–C) groups is 1. The van der Waals surface area contributed by atoms with Crippen LogP contribution in [0, 0.1) is 19.8 Å². The van der Waals surface area contributed by atoms with Crippen molar-refractivity contribution in [2.24, 2.45) is 16.6 Å². The third kappa shape index (κ3) is 6.51. The molecule has 142 valence electrons. The average Bonchev–Trinajstić information content (AvgIpc) is 2.99. The van der Waals surface area contributed by atoms with Crippen LogP contribution in [0.25, 0.3) is 0 Å². The molecule has 1 aliphatic heterocycles. The summed E-state index contributed by atoms with van der Waals surface area (Å²) < 4.78 is 0. The number of rotatable bonds is 5. The van der Waals surface area contributed by atoms with Crippen LogP contribution in [0.15, 0.2) is 34.6 Å². The summed E-state index contributed by atoms with van der Waals surface area (Å²) in [6, 6.07) is 8.17. The maximum atomic E-state index is 6.03. The van der Waals surface area contributed by atoms with Gasteiger partial charge in [-0.05, 0) is 63.4 Å². The number of nitrogens with one attached hydrogen (secondary N) is 1. The van der Waals surface area contributed by atoms with E-state index in [0.717, 1.165) is 36.9 Å². The molecule has 0 aliphatic carbocycles. The third-order valence-electron chi connectivity index (χ3n) is 4.57. The molecule has 1 fully saturated rings. The minimum Gasteiger partial charge on any atom is -0.370 e. The van der Waals surface area contributed by atoms with Crippen LogP contribution >= 0.6 is 35.3 Å². The van der Waals surface area contributed by atoms with Gasteiger partial charge in [-0.1, -0.05) is 12.1 Å². The van der Waals surface area contributed by atoms with Crippen LogP contribution < -0.4 is 11.1 Å². The van der Waals surface area contributed by atoms with Crippen molar-refractivity contribution in [3.8, 4) is 0 Å². The van der Waals surface area contributed by atoms with Gasteiger partial charge in [0.15, 0.2) is 5.96 Å². The molecular weight excluding hydrogens is 457 g/mol. The predicted molar refractivity (Wildman–Crippen MR) is 122 cm³/mol. The number of benzene rings is 1. The zero-order valence-electron chi connectivity index (χ0n) is 15.4. The van der Waals surface area contributed by atoms with Crippen LogP contribution in [0.3, 0.4) is 0 Å². The van der Waals surface area contributed by atoms with Gasteiger partial charge in [-0.2, -0.15) is 0 Å². The van der Waals surface area contributed by atoms with Crippen LogP contribution in [0.1, 0.15) is 29.1 Å². The molecule has 26 heavy (non-hydrogen) atoms. The van der Waals surface area contributed by atoms with E-state index in [9.17, 15) is 0 Å². The van der Waals surface area contributed by atoms with E-state index in [-0.39, 0.29) is 24.0 Å². The first-order chi connectivity index (χ1) is 12.1. The Morgan fingerprint density at radius 3 is 2.77 bits per heavy atom. The second-order valence-corrected chi connectivity index (χ2v) is 7.86. The van der Waals surface area contributed by atoms with Gasteiger partial charge >= 0.3 is 0 Å². The monoisotopic (exact) mass is 485 g/mol. The maximum Gasteiger partial charge on any atom is 0.193 e. The molecule has 1 saturated heterocycles. The molecular formula is C19H28IN5S. The second-order valence-electron chi connectivity index (χ2n) is 6.80. The number of hydrogen-bond acceptors (Lipinski definition) is 4. The Labute approximate surface area is 177 Å². The first kappa shape index (κ1) is 21.1. The Balaban J connectivity index is 0.00000243. The minimum atomic E-state index is 0. The van der Waals surface area contributed by atoms with E-state index >= 15 is 0 Å². The first-order valence-electron chi connectivity index (χ1n) is 8.85. The molecule has 0 saturated carbocycles. The van der Waals surface area contributed by atoms with Crippen molar-refractivity contribution in [2.75, 3.05) is 25.0 Å². The van der Waals surface area contributed by atoms with Crippen molar-refractivity contribution in [3.05, 3.63) is 45.9 Å². The van der Waals surface area contributed by atoms with Crippen molar-refractivity contribution in [2.45, 2.75) is 33.2 Å². The Bertz CT molecular complexity index is 722.